The Labute approximate surface area is 172 Å². The van der Waals surface area contributed by atoms with Crippen LogP contribution in [-0.2, 0) is 0 Å². The van der Waals surface area contributed by atoms with Gasteiger partial charge in [-0.15, -0.1) is 0 Å². The fraction of sp³-hybridized carbons (Fsp3) is 0.292. The molecular formula is C24H26N4O. The van der Waals surface area contributed by atoms with Crippen LogP contribution in [0.15, 0.2) is 54.7 Å². The van der Waals surface area contributed by atoms with E-state index in [1.807, 2.05) is 42.2 Å². The molecule has 0 saturated carbocycles. The van der Waals surface area contributed by atoms with Crippen molar-refractivity contribution in [1.82, 2.24) is 14.9 Å². The number of anilines is 1. The maximum atomic E-state index is 13.1. The quantitative estimate of drug-likeness (QED) is 0.682. The van der Waals surface area contributed by atoms with Crippen LogP contribution in [0.25, 0.3) is 11.4 Å². The fourth-order valence-electron chi connectivity index (χ4n) is 3.80. The largest absolute Gasteiger partial charge is 0.368 e. The molecular weight excluding hydrogens is 360 g/mol. The van der Waals surface area contributed by atoms with E-state index in [-0.39, 0.29) is 5.91 Å². The monoisotopic (exact) mass is 386 g/mol. The number of aromatic nitrogens is 2. The highest BCUT2D eigenvalue weighted by Crippen LogP contribution is 2.24. The van der Waals surface area contributed by atoms with Gasteiger partial charge in [0.25, 0.3) is 5.91 Å². The fourth-order valence-corrected chi connectivity index (χ4v) is 3.80. The maximum Gasteiger partial charge on any atom is 0.257 e. The van der Waals surface area contributed by atoms with Gasteiger partial charge in [-0.2, -0.15) is 0 Å². The van der Waals surface area contributed by atoms with Crippen molar-refractivity contribution in [2.45, 2.75) is 20.8 Å². The molecule has 0 atom stereocenters. The van der Waals surface area contributed by atoms with Gasteiger partial charge in [0.05, 0.1) is 11.3 Å². The van der Waals surface area contributed by atoms with Gasteiger partial charge in [0, 0.05) is 43.6 Å². The van der Waals surface area contributed by atoms with E-state index in [2.05, 4.69) is 46.9 Å². The minimum absolute atomic E-state index is 0.0164. The zero-order valence-electron chi connectivity index (χ0n) is 17.2. The number of carbonyl (C=O) groups is 1. The minimum atomic E-state index is 0.0164. The summed E-state index contributed by atoms with van der Waals surface area (Å²) in [6.45, 7) is 9.25. The van der Waals surface area contributed by atoms with E-state index in [1.54, 1.807) is 6.20 Å². The Hall–Kier alpha value is -3.21. The van der Waals surface area contributed by atoms with Crippen molar-refractivity contribution in [1.29, 1.82) is 0 Å². The summed E-state index contributed by atoms with van der Waals surface area (Å²) < 4.78 is 0. The lowest BCUT2D eigenvalue weighted by atomic mass is 10.1. The molecule has 0 N–H and O–H groups in total. The number of carbonyl (C=O) groups excluding carboxylic acids is 1. The Kier molecular flexibility index (Phi) is 5.30. The van der Waals surface area contributed by atoms with Crippen LogP contribution in [0, 0.1) is 20.8 Å². The molecule has 29 heavy (non-hydrogen) atoms. The summed E-state index contributed by atoms with van der Waals surface area (Å²) in [4.78, 5) is 26.4. The molecule has 5 nitrogen and oxygen atoms in total. The number of aryl methyl sites for hydroxylation is 2. The van der Waals surface area contributed by atoms with Crippen molar-refractivity contribution >= 4 is 11.6 Å². The Morgan fingerprint density at radius 2 is 1.62 bits per heavy atom. The van der Waals surface area contributed by atoms with E-state index in [0.29, 0.717) is 24.5 Å². The average molecular weight is 386 g/mol. The van der Waals surface area contributed by atoms with Gasteiger partial charge in [-0.25, -0.2) is 9.97 Å². The maximum absolute atomic E-state index is 13.1. The minimum Gasteiger partial charge on any atom is -0.368 e. The third-order valence-corrected chi connectivity index (χ3v) is 5.73. The number of piperazine rings is 1. The van der Waals surface area contributed by atoms with Gasteiger partial charge < -0.3 is 9.80 Å². The van der Waals surface area contributed by atoms with Gasteiger partial charge in [0.15, 0.2) is 5.82 Å². The lowest BCUT2D eigenvalue weighted by Gasteiger charge is -2.37. The molecule has 0 aliphatic carbocycles. The number of benzene rings is 2. The lowest BCUT2D eigenvalue weighted by Crippen LogP contribution is -2.49. The first kappa shape index (κ1) is 19.1. The Morgan fingerprint density at radius 3 is 2.31 bits per heavy atom. The number of nitrogens with zero attached hydrogens (tertiary/aromatic N) is 4. The van der Waals surface area contributed by atoms with Crippen LogP contribution >= 0.6 is 0 Å². The highest BCUT2D eigenvalue weighted by molar-refractivity contribution is 5.95. The molecule has 1 aromatic heterocycles. The smallest absolute Gasteiger partial charge is 0.257 e. The molecule has 1 aliphatic rings. The van der Waals surface area contributed by atoms with Gasteiger partial charge in [0.2, 0.25) is 0 Å². The molecule has 1 saturated heterocycles. The normalized spacial score (nSPS) is 14.2. The van der Waals surface area contributed by atoms with Crippen LogP contribution < -0.4 is 4.90 Å². The number of hydrogen-bond acceptors (Lipinski definition) is 4. The van der Waals surface area contributed by atoms with E-state index in [0.717, 1.165) is 24.3 Å². The second-order valence-corrected chi connectivity index (χ2v) is 7.56. The highest BCUT2D eigenvalue weighted by atomic mass is 16.2. The molecule has 2 heterocycles. The molecule has 4 rings (SSSR count). The number of rotatable bonds is 3. The van der Waals surface area contributed by atoms with Gasteiger partial charge in [-0.05, 0) is 38.0 Å². The molecule has 0 bridgehead atoms. The van der Waals surface area contributed by atoms with Gasteiger partial charge in [-0.3, -0.25) is 4.79 Å². The second kappa shape index (κ2) is 8.03. The SMILES string of the molecule is Cc1cccc(N2CCN(C(=O)c3cnc(-c4ccccc4)nc3C)CC2)c1C. The standard InChI is InChI=1S/C24H26N4O/c1-17-8-7-11-22(18(17)2)27-12-14-28(15-13-27)24(29)21-16-25-23(26-19(21)3)20-9-5-4-6-10-20/h4-11,16H,12-15H2,1-3H3. The van der Waals surface area contributed by atoms with Crippen molar-refractivity contribution in [3.63, 3.8) is 0 Å². The summed E-state index contributed by atoms with van der Waals surface area (Å²) in [5.74, 6) is 0.669. The third-order valence-electron chi connectivity index (χ3n) is 5.73. The van der Waals surface area contributed by atoms with Crippen LogP contribution in [0.3, 0.4) is 0 Å². The molecule has 148 valence electrons. The average Bonchev–Trinajstić information content (AvgIpc) is 2.76. The van der Waals surface area contributed by atoms with E-state index in [4.69, 9.17) is 0 Å². The number of amides is 1. The summed E-state index contributed by atoms with van der Waals surface area (Å²) in [6, 6.07) is 16.2. The lowest BCUT2D eigenvalue weighted by molar-refractivity contribution is 0.0745. The van der Waals surface area contributed by atoms with E-state index < -0.39 is 0 Å². The van der Waals surface area contributed by atoms with Crippen LogP contribution in [0.4, 0.5) is 5.69 Å². The van der Waals surface area contributed by atoms with Crippen molar-refractivity contribution in [3.8, 4) is 11.4 Å². The van der Waals surface area contributed by atoms with Gasteiger partial charge in [0.1, 0.15) is 0 Å². The predicted molar refractivity (Wildman–Crippen MR) is 116 cm³/mol. The third kappa shape index (κ3) is 3.86. The molecule has 1 fully saturated rings. The molecule has 5 heteroatoms. The van der Waals surface area contributed by atoms with E-state index >= 15 is 0 Å². The molecule has 3 aromatic rings. The molecule has 0 radical (unpaired) electrons. The summed E-state index contributed by atoms with van der Waals surface area (Å²) in [7, 11) is 0. The molecule has 0 spiro atoms. The summed E-state index contributed by atoms with van der Waals surface area (Å²) in [5.41, 5.74) is 6.14. The van der Waals surface area contributed by atoms with Crippen molar-refractivity contribution < 1.29 is 4.79 Å². The van der Waals surface area contributed by atoms with Crippen molar-refractivity contribution in [3.05, 3.63) is 77.1 Å². The summed E-state index contributed by atoms with van der Waals surface area (Å²) in [6.07, 6.45) is 1.67. The van der Waals surface area contributed by atoms with Crippen LogP contribution in [0.5, 0.6) is 0 Å². The molecule has 2 aromatic carbocycles. The Balaban J connectivity index is 1.46. The second-order valence-electron chi connectivity index (χ2n) is 7.56. The summed E-state index contributed by atoms with van der Waals surface area (Å²) >= 11 is 0. The van der Waals surface area contributed by atoms with Crippen LogP contribution in [-0.4, -0.2) is 47.0 Å². The predicted octanol–water partition coefficient (Wildman–Crippen LogP) is 4.03. The van der Waals surface area contributed by atoms with Crippen molar-refractivity contribution in [2.24, 2.45) is 0 Å². The zero-order chi connectivity index (χ0) is 20.4. The van der Waals surface area contributed by atoms with Crippen LogP contribution in [0.2, 0.25) is 0 Å². The molecule has 0 unspecified atom stereocenters. The number of hydrogen-bond donors (Lipinski definition) is 0. The first-order chi connectivity index (χ1) is 14.0. The first-order valence-corrected chi connectivity index (χ1v) is 10.0. The van der Waals surface area contributed by atoms with Crippen LogP contribution in [0.1, 0.15) is 27.2 Å². The summed E-state index contributed by atoms with van der Waals surface area (Å²) in [5, 5.41) is 0. The molecule has 1 amide bonds. The zero-order valence-corrected chi connectivity index (χ0v) is 17.2. The highest BCUT2D eigenvalue weighted by Gasteiger charge is 2.25. The van der Waals surface area contributed by atoms with E-state index in [1.165, 1.54) is 16.8 Å². The van der Waals surface area contributed by atoms with Gasteiger partial charge >= 0.3 is 0 Å². The van der Waals surface area contributed by atoms with E-state index in [9.17, 15) is 4.79 Å². The Morgan fingerprint density at radius 1 is 0.897 bits per heavy atom. The van der Waals surface area contributed by atoms with Gasteiger partial charge in [-0.1, -0.05) is 42.5 Å². The van der Waals surface area contributed by atoms with Crippen molar-refractivity contribution in [2.75, 3.05) is 31.1 Å². The first-order valence-electron chi connectivity index (χ1n) is 10.0. The topological polar surface area (TPSA) is 49.3 Å². The molecule has 1 aliphatic heterocycles. The Bertz CT molecular complexity index is 1020.